The molecular weight excluding hydrogens is 486 g/mol. The zero-order valence-corrected chi connectivity index (χ0v) is 19.6. The van der Waals surface area contributed by atoms with Crippen molar-refractivity contribution in [3.8, 4) is 5.75 Å². The molecule has 1 aliphatic heterocycles. The molecule has 1 aromatic heterocycles. The van der Waals surface area contributed by atoms with Gasteiger partial charge in [0.15, 0.2) is 18.2 Å². The lowest BCUT2D eigenvalue weighted by Crippen LogP contribution is -2.41. The maximum Gasteiger partial charge on any atom is 0.410 e. The first kappa shape index (κ1) is 24.5. The van der Waals surface area contributed by atoms with Gasteiger partial charge in [-0.2, -0.15) is 0 Å². The third kappa shape index (κ3) is 4.93. The molecule has 0 bridgehead atoms. The molecule has 2 heterocycles. The number of rotatable bonds is 6. The quantitative estimate of drug-likeness (QED) is 0.503. The molecule has 35 heavy (non-hydrogen) atoms. The number of carboxylic acid groups (broad SMARTS) is 1. The average molecular weight is 507 g/mol. The Balaban J connectivity index is 1.76. The number of aliphatic carboxylic acids is 1. The maximum atomic E-state index is 14.7. The lowest BCUT2D eigenvalue weighted by atomic mass is 9.87. The molecule has 1 amide bonds. The van der Waals surface area contributed by atoms with Gasteiger partial charge in [0.05, 0.1) is 17.3 Å². The molecule has 1 N–H and O–H groups in total. The molecule has 0 fully saturated rings. The third-order valence-electron chi connectivity index (χ3n) is 5.81. The largest absolute Gasteiger partial charge is 0.482 e. The summed E-state index contributed by atoms with van der Waals surface area (Å²) in [6.45, 7) is 2.66. The second kappa shape index (κ2) is 9.91. The lowest BCUT2D eigenvalue weighted by molar-refractivity contribution is -0.139. The summed E-state index contributed by atoms with van der Waals surface area (Å²) in [7, 11) is 0. The van der Waals surface area contributed by atoms with Crippen LogP contribution in [0.1, 0.15) is 39.7 Å². The van der Waals surface area contributed by atoms with Crippen LogP contribution in [0.3, 0.4) is 0 Å². The molecule has 0 spiro atoms. The molecule has 184 valence electrons. The van der Waals surface area contributed by atoms with Gasteiger partial charge in [0.25, 0.3) is 0 Å². The summed E-state index contributed by atoms with van der Waals surface area (Å²) in [4.78, 5) is 25.7. The first-order valence-corrected chi connectivity index (χ1v) is 11.0. The van der Waals surface area contributed by atoms with E-state index in [0.717, 1.165) is 6.07 Å². The molecule has 0 saturated carbocycles. The van der Waals surface area contributed by atoms with Crippen molar-refractivity contribution in [3.63, 3.8) is 0 Å². The predicted molar refractivity (Wildman–Crippen MR) is 119 cm³/mol. The Morgan fingerprint density at radius 1 is 1.23 bits per heavy atom. The summed E-state index contributed by atoms with van der Waals surface area (Å²) in [5.74, 6) is -2.59. The molecule has 0 unspecified atom stereocenters. The smallest absolute Gasteiger partial charge is 0.410 e. The van der Waals surface area contributed by atoms with Gasteiger partial charge in [0.2, 0.25) is 0 Å². The van der Waals surface area contributed by atoms with E-state index >= 15 is 0 Å². The van der Waals surface area contributed by atoms with E-state index in [1.165, 1.54) is 29.2 Å². The van der Waals surface area contributed by atoms with Gasteiger partial charge < -0.3 is 19.1 Å². The van der Waals surface area contributed by atoms with Crippen molar-refractivity contribution < 1.29 is 37.5 Å². The number of carbonyl (C=O) groups is 2. The van der Waals surface area contributed by atoms with Gasteiger partial charge >= 0.3 is 12.1 Å². The molecule has 11 heteroatoms. The average Bonchev–Trinajstić information content (AvgIpc) is 3.15. The molecule has 4 rings (SSSR count). The predicted octanol–water partition coefficient (Wildman–Crippen LogP) is 4.97. The van der Waals surface area contributed by atoms with Crippen LogP contribution in [0.25, 0.3) is 0 Å². The van der Waals surface area contributed by atoms with Crippen molar-refractivity contribution in [2.24, 2.45) is 0 Å². The fourth-order valence-corrected chi connectivity index (χ4v) is 4.29. The van der Waals surface area contributed by atoms with E-state index in [1.54, 1.807) is 13.8 Å². The van der Waals surface area contributed by atoms with Crippen LogP contribution in [0.2, 0.25) is 5.02 Å². The summed E-state index contributed by atoms with van der Waals surface area (Å²) < 4.78 is 44.7. The van der Waals surface area contributed by atoms with Crippen LogP contribution in [-0.2, 0) is 22.6 Å². The number of fused-ring (bicyclic) bond motifs is 1. The zero-order valence-electron chi connectivity index (χ0n) is 18.8. The minimum Gasteiger partial charge on any atom is -0.482 e. The van der Waals surface area contributed by atoms with Crippen LogP contribution in [0, 0.1) is 25.5 Å². The van der Waals surface area contributed by atoms with Gasteiger partial charge in [0, 0.05) is 17.1 Å². The Bertz CT molecular complexity index is 1280. The first-order valence-electron chi connectivity index (χ1n) is 10.6. The number of amides is 1. The molecular formula is C24H21ClF2N2O6. The minimum atomic E-state index is -1.21. The third-order valence-corrected chi connectivity index (χ3v) is 6.05. The Kier molecular flexibility index (Phi) is 6.93. The molecule has 1 atom stereocenters. The number of aromatic nitrogens is 1. The van der Waals surface area contributed by atoms with Crippen LogP contribution in [0.5, 0.6) is 5.75 Å². The van der Waals surface area contributed by atoms with E-state index in [0.29, 0.717) is 28.1 Å². The van der Waals surface area contributed by atoms with Crippen molar-refractivity contribution in [2.45, 2.75) is 32.9 Å². The van der Waals surface area contributed by atoms with Crippen LogP contribution >= 0.6 is 11.6 Å². The Labute approximate surface area is 204 Å². The normalized spacial score (nSPS) is 15.0. The van der Waals surface area contributed by atoms with Crippen LogP contribution in [0.15, 0.2) is 34.9 Å². The number of benzene rings is 2. The maximum absolute atomic E-state index is 14.7. The van der Waals surface area contributed by atoms with Gasteiger partial charge in [-0.25, -0.2) is 18.4 Å². The van der Waals surface area contributed by atoms with Crippen molar-refractivity contribution in [2.75, 3.05) is 13.2 Å². The van der Waals surface area contributed by atoms with E-state index in [9.17, 15) is 18.4 Å². The van der Waals surface area contributed by atoms with E-state index in [1.807, 2.05) is 0 Å². The Morgan fingerprint density at radius 3 is 2.69 bits per heavy atom. The van der Waals surface area contributed by atoms with Gasteiger partial charge in [-0.3, -0.25) is 4.90 Å². The minimum absolute atomic E-state index is 0.00333. The number of hydrogen-bond acceptors (Lipinski definition) is 6. The Morgan fingerprint density at radius 2 is 2.00 bits per heavy atom. The monoisotopic (exact) mass is 506 g/mol. The molecule has 2 aromatic carbocycles. The highest BCUT2D eigenvalue weighted by Gasteiger charge is 2.37. The fraction of sp³-hybridized carbons (Fsp3) is 0.292. The second-order valence-electron chi connectivity index (χ2n) is 8.00. The fourth-order valence-electron chi connectivity index (χ4n) is 4.11. The number of nitrogens with zero attached hydrogens (tertiary/aromatic N) is 2. The van der Waals surface area contributed by atoms with E-state index < -0.39 is 36.3 Å². The molecule has 3 aromatic rings. The number of hydrogen-bond donors (Lipinski definition) is 1. The van der Waals surface area contributed by atoms with Crippen LogP contribution in [0.4, 0.5) is 13.6 Å². The zero-order chi connectivity index (χ0) is 25.3. The van der Waals surface area contributed by atoms with Crippen LogP contribution in [-0.4, -0.2) is 40.4 Å². The Hall–Kier alpha value is -3.66. The second-order valence-corrected chi connectivity index (χ2v) is 8.43. The lowest BCUT2D eigenvalue weighted by Gasteiger charge is -2.37. The molecule has 1 aliphatic rings. The van der Waals surface area contributed by atoms with E-state index in [4.69, 9.17) is 30.7 Å². The SMILES string of the molecule is Cc1noc(C)c1COC(=O)N1CCc2c(ccc(F)c2F)[C@H]1c1cc(Cl)ccc1OCC(=O)O. The number of ether oxygens (including phenoxy) is 2. The van der Waals surface area contributed by atoms with Gasteiger partial charge in [0.1, 0.15) is 18.1 Å². The number of halogens is 3. The van der Waals surface area contributed by atoms with Crippen molar-refractivity contribution in [1.29, 1.82) is 0 Å². The first-order chi connectivity index (χ1) is 16.7. The van der Waals surface area contributed by atoms with Crippen molar-refractivity contribution in [1.82, 2.24) is 10.1 Å². The van der Waals surface area contributed by atoms with Gasteiger partial charge in [-0.1, -0.05) is 22.8 Å². The summed E-state index contributed by atoms with van der Waals surface area (Å²) in [5.41, 5.74) is 1.92. The van der Waals surface area contributed by atoms with E-state index in [-0.39, 0.29) is 35.9 Å². The topological polar surface area (TPSA) is 102 Å². The highest BCUT2D eigenvalue weighted by molar-refractivity contribution is 6.30. The summed E-state index contributed by atoms with van der Waals surface area (Å²) in [6, 6.07) is 5.83. The summed E-state index contributed by atoms with van der Waals surface area (Å²) in [5, 5.41) is 13.2. The number of carbonyl (C=O) groups excluding carboxylic acids is 1. The van der Waals surface area contributed by atoms with Crippen LogP contribution < -0.4 is 4.74 Å². The molecule has 0 aliphatic carbocycles. The van der Waals surface area contributed by atoms with Gasteiger partial charge in [-0.15, -0.1) is 0 Å². The summed E-state index contributed by atoms with van der Waals surface area (Å²) in [6.07, 6.45) is -0.684. The van der Waals surface area contributed by atoms with E-state index in [2.05, 4.69) is 5.16 Å². The summed E-state index contributed by atoms with van der Waals surface area (Å²) >= 11 is 6.22. The highest BCUT2D eigenvalue weighted by Crippen LogP contribution is 2.42. The molecule has 8 nitrogen and oxygen atoms in total. The standard InChI is InChI=1S/C24H21ClF2N2O6/c1-12-18(13(2)35-28-12)10-34-24(32)29-8-7-15-16(4-5-19(26)22(15)27)23(29)17-9-14(25)3-6-20(17)33-11-21(30)31/h3-6,9,23H,7-8,10-11H2,1-2H3,(H,30,31)/t23-/m0/s1. The molecule has 0 radical (unpaired) electrons. The van der Waals surface area contributed by atoms with Crippen molar-refractivity contribution >= 4 is 23.7 Å². The van der Waals surface area contributed by atoms with Gasteiger partial charge in [-0.05, 0) is 55.7 Å². The highest BCUT2D eigenvalue weighted by atomic mass is 35.5. The number of carboxylic acids is 1. The van der Waals surface area contributed by atoms with Crippen molar-refractivity contribution in [3.05, 3.63) is 80.7 Å². The number of aryl methyl sites for hydroxylation is 2. The molecule has 0 saturated heterocycles.